The Labute approximate surface area is 178 Å². The van der Waals surface area contributed by atoms with Crippen LogP contribution < -0.4 is 10.6 Å². The van der Waals surface area contributed by atoms with Crippen molar-refractivity contribution >= 4 is 21.7 Å². The lowest BCUT2D eigenvalue weighted by Gasteiger charge is -2.20. The molecular formula is C23H28N2O4S. The molecule has 7 heteroatoms. The lowest BCUT2D eigenvalue weighted by Crippen LogP contribution is -2.46. The fourth-order valence-corrected chi connectivity index (χ4v) is 5.64. The van der Waals surface area contributed by atoms with E-state index in [2.05, 4.69) is 10.6 Å². The number of hydrogen-bond acceptors (Lipinski definition) is 4. The van der Waals surface area contributed by atoms with E-state index >= 15 is 0 Å². The monoisotopic (exact) mass is 428 g/mol. The van der Waals surface area contributed by atoms with E-state index in [0.717, 1.165) is 11.1 Å². The van der Waals surface area contributed by atoms with E-state index in [1.165, 1.54) is 0 Å². The van der Waals surface area contributed by atoms with Crippen molar-refractivity contribution in [1.29, 1.82) is 0 Å². The van der Waals surface area contributed by atoms with Gasteiger partial charge in [0.25, 0.3) is 0 Å². The van der Waals surface area contributed by atoms with E-state index in [0.29, 0.717) is 13.0 Å². The van der Waals surface area contributed by atoms with Crippen LogP contribution in [-0.2, 0) is 19.4 Å². The molecule has 2 aromatic carbocycles. The minimum absolute atomic E-state index is 0.0533. The van der Waals surface area contributed by atoms with Crippen molar-refractivity contribution in [3.05, 3.63) is 71.8 Å². The van der Waals surface area contributed by atoms with Gasteiger partial charge >= 0.3 is 0 Å². The van der Waals surface area contributed by atoms with Crippen LogP contribution in [0.3, 0.4) is 0 Å². The highest BCUT2D eigenvalue weighted by Crippen LogP contribution is 2.27. The predicted molar refractivity (Wildman–Crippen MR) is 117 cm³/mol. The number of nitrogens with one attached hydrogen (secondary N) is 2. The summed E-state index contributed by atoms with van der Waals surface area (Å²) in [4.78, 5) is 25.0. The Morgan fingerprint density at radius 3 is 2.07 bits per heavy atom. The van der Waals surface area contributed by atoms with Gasteiger partial charge in [-0.2, -0.15) is 0 Å². The molecule has 6 nitrogen and oxygen atoms in total. The third-order valence-corrected chi connectivity index (χ3v) is 7.29. The van der Waals surface area contributed by atoms with Gasteiger partial charge in [-0.05, 0) is 30.4 Å². The summed E-state index contributed by atoms with van der Waals surface area (Å²) in [7, 11) is -2.97. The van der Waals surface area contributed by atoms with Crippen molar-refractivity contribution in [1.82, 2.24) is 10.6 Å². The van der Waals surface area contributed by atoms with Crippen LogP contribution in [0.4, 0.5) is 0 Å². The Kier molecular flexibility index (Phi) is 7.26. The maximum atomic E-state index is 12.7. The molecule has 2 N–H and O–H groups in total. The standard InChI is InChI=1S/C23H28N2O4S/c1-17(23(27)24-15-18-12-13-30(28,29)16-18)25-22(26)14-21(19-8-4-2-5-9-19)20-10-6-3-7-11-20/h2-11,17-18,21H,12-16H2,1H3,(H,24,27)(H,25,26). The molecule has 2 aromatic rings. The first kappa shape index (κ1) is 22.0. The van der Waals surface area contributed by atoms with Crippen LogP contribution in [0, 0.1) is 5.92 Å². The number of carbonyl (C=O) groups excluding carboxylic acids is 2. The smallest absolute Gasteiger partial charge is 0.242 e. The van der Waals surface area contributed by atoms with Crippen LogP contribution in [0.25, 0.3) is 0 Å². The van der Waals surface area contributed by atoms with Crippen LogP contribution in [0.15, 0.2) is 60.7 Å². The molecule has 1 heterocycles. The molecule has 1 aliphatic rings. The Morgan fingerprint density at radius 1 is 1.00 bits per heavy atom. The van der Waals surface area contributed by atoms with Crippen molar-refractivity contribution in [2.75, 3.05) is 18.1 Å². The molecule has 1 saturated heterocycles. The fraction of sp³-hybridized carbons (Fsp3) is 0.391. The molecule has 1 fully saturated rings. The first-order chi connectivity index (χ1) is 14.3. The lowest BCUT2D eigenvalue weighted by atomic mass is 9.88. The summed E-state index contributed by atoms with van der Waals surface area (Å²) < 4.78 is 23.1. The number of sulfone groups is 1. The van der Waals surface area contributed by atoms with Crippen LogP contribution in [0.1, 0.15) is 36.8 Å². The normalized spacial score (nSPS) is 18.7. The van der Waals surface area contributed by atoms with Crippen LogP contribution in [0.2, 0.25) is 0 Å². The predicted octanol–water partition coefficient (Wildman–Crippen LogP) is 2.26. The van der Waals surface area contributed by atoms with E-state index in [1.54, 1.807) is 6.92 Å². The minimum atomic E-state index is -2.97. The van der Waals surface area contributed by atoms with Crippen molar-refractivity contribution in [3.8, 4) is 0 Å². The quantitative estimate of drug-likeness (QED) is 0.675. The molecule has 3 rings (SSSR count). The van der Waals surface area contributed by atoms with Gasteiger partial charge in [0.15, 0.2) is 9.84 Å². The van der Waals surface area contributed by atoms with Crippen molar-refractivity contribution in [2.45, 2.75) is 31.7 Å². The van der Waals surface area contributed by atoms with Crippen molar-refractivity contribution < 1.29 is 18.0 Å². The fourth-order valence-electron chi connectivity index (χ4n) is 3.78. The average molecular weight is 429 g/mol. The highest BCUT2D eigenvalue weighted by molar-refractivity contribution is 7.91. The molecule has 2 atom stereocenters. The summed E-state index contributed by atoms with van der Waals surface area (Å²) in [6.45, 7) is 1.95. The van der Waals surface area contributed by atoms with E-state index in [-0.39, 0.29) is 41.6 Å². The SMILES string of the molecule is CC(NC(=O)CC(c1ccccc1)c1ccccc1)C(=O)NCC1CCS(=O)(=O)C1. The van der Waals surface area contributed by atoms with Gasteiger partial charge in [0, 0.05) is 18.9 Å². The second-order valence-electron chi connectivity index (χ2n) is 7.88. The highest BCUT2D eigenvalue weighted by Gasteiger charge is 2.28. The third kappa shape index (κ3) is 6.16. The summed E-state index contributed by atoms with van der Waals surface area (Å²) in [5, 5.41) is 5.54. The van der Waals surface area contributed by atoms with Gasteiger partial charge in [-0.1, -0.05) is 60.7 Å². The Bertz CT molecular complexity index is 922. The van der Waals surface area contributed by atoms with E-state index in [1.807, 2.05) is 60.7 Å². The molecule has 0 bridgehead atoms. The summed E-state index contributed by atoms with van der Waals surface area (Å²) in [6, 6.07) is 19.0. The molecule has 0 aromatic heterocycles. The van der Waals surface area contributed by atoms with Gasteiger partial charge in [-0.25, -0.2) is 8.42 Å². The molecule has 0 saturated carbocycles. The van der Waals surface area contributed by atoms with Gasteiger partial charge < -0.3 is 10.6 Å². The third-order valence-electron chi connectivity index (χ3n) is 5.46. The Morgan fingerprint density at radius 2 is 1.57 bits per heavy atom. The maximum absolute atomic E-state index is 12.7. The zero-order valence-electron chi connectivity index (χ0n) is 17.1. The summed E-state index contributed by atoms with van der Waals surface area (Å²) in [6.07, 6.45) is 0.797. The van der Waals surface area contributed by atoms with Gasteiger partial charge in [0.1, 0.15) is 6.04 Å². The molecule has 2 unspecified atom stereocenters. The first-order valence-corrected chi connectivity index (χ1v) is 12.0. The van der Waals surface area contributed by atoms with E-state index in [9.17, 15) is 18.0 Å². The van der Waals surface area contributed by atoms with Crippen molar-refractivity contribution in [3.63, 3.8) is 0 Å². The van der Waals surface area contributed by atoms with Gasteiger partial charge in [-0.15, -0.1) is 0 Å². The number of benzene rings is 2. The van der Waals surface area contributed by atoms with Crippen LogP contribution in [-0.4, -0.2) is 44.3 Å². The topological polar surface area (TPSA) is 92.3 Å². The zero-order valence-corrected chi connectivity index (χ0v) is 17.9. The minimum Gasteiger partial charge on any atom is -0.354 e. The largest absolute Gasteiger partial charge is 0.354 e. The molecule has 2 amide bonds. The summed E-state index contributed by atoms with van der Waals surface area (Å²) >= 11 is 0. The number of hydrogen-bond donors (Lipinski definition) is 2. The molecule has 160 valence electrons. The highest BCUT2D eigenvalue weighted by atomic mass is 32.2. The second kappa shape index (κ2) is 9.89. The molecule has 1 aliphatic heterocycles. The molecule has 0 aliphatic carbocycles. The zero-order chi connectivity index (χ0) is 21.6. The maximum Gasteiger partial charge on any atom is 0.242 e. The van der Waals surface area contributed by atoms with Crippen molar-refractivity contribution in [2.24, 2.45) is 5.92 Å². The van der Waals surface area contributed by atoms with Gasteiger partial charge in [-0.3, -0.25) is 9.59 Å². The number of rotatable bonds is 8. The number of carbonyl (C=O) groups is 2. The van der Waals surface area contributed by atoms with E-state index < -0.39 is 15.9 Å². The Balaban J connectivity index is 1.56. The van der Waals surface area contributed by atoms with Gasteiger partial charge in [0.2, 0.25) is 11.8 Å². The molecule has 30 heavy (non-hydrogen) atoms. The molecule has 0 spiro atoms. The van der Waals surface area contributed by atoms with Crippen LogP contribution >= 0.6 is 0 Å². The first-order valence-electron chi connectivity index (χ1n) is 10.2. The van der Waals surface area contributed by atoms with Gasteiger partial charge in [0.05, 0.1) is 11.5 Å². The average Bonchev–Trinajstić information content (AvgIpc) is 3.10. The second-order valence-corrected chi connectivity index (χ2v) is 10.1. The van der Waals surface area contributed by atoms with Crippen LogP contribution in [0.5, 0.6) is 0 Å². The lowest BCUT2D eigenvalue weighted by molar-refractivity contribution is -0.128. The number of amides is 2. The van der Waals surface area contributed by atoms with E-state index in [4.69, 9.17) is 0 Å². The molecular weight excluding hydrogens is 400 g/mol. The summed E-state index contributed by atoms with van der Waals surface area (Å²) in [5.74, 6) is -0.375. The Hall–Kier alpha value is -2.67. The molecule has 0 radical (unpaired) electrons. The summed E-state index contributed by atoms with van der Waals surface area (Å²) in [5.41, 5.74) is 2.08.